The van der Waals surface area contributed by atoms with Gasteiger partial charge in [0, 0.05) is 11.4 Å². The van der Waals surface area contributed by atoms with Crippen molar-refractivity contribution < 1.29 is 0 Å². The second-order valence-corrected chi connectivity index (χ2v) is 3.44. The highest BCUT2D eigenvalue weighted by Gasteiger charge is 1.97. The van der Waals surface area contributed by atoms with Gasteiger partial charge in [-0.05, 0) is 24.4 Å². The third kappa shape index (κ3) is 2.54. The molecule has 66 valence electrons. The van der Waals surface area contributed by atoms with Gasteiger partial charge in [-0.25, -0.2) is 0 Å². The van der Waals surface area contributed by atoms with Gasteiger partial charge in [-0.3, -0.25) is 0 Å². The largest absolute Gasteiger partial charge is 0.313 e. The third-order valence-corrected chi connectivity index (χ3v) is 2.60. The van der Waals surface area contributed by atoms with Crippen LogP contribution in [0.5, 0.6) is 0 Å². The average Bonchev–Trinajstić information content (AvgIpc) is 2.15. The van der Waals surface area contributed by atoms with Gasteiger partial charge in [0.2, 0.25) is 0 Å². The maximum absolute atomic E-state index is 3.33. The molecule has 0 aromatic heterocycles. The van der Waals surface area contributed by atoms with Gasteiger partial charge in [-0.1, -0.05) is 25.1 Å². The molecule has 0 aliphatic rings. The van der Waals surface area contributed by atoms with Crippen LogP contribution in [0.2, 0.25) is 0 Å². The lowest BCUT2D eigenvalue weighted by molar-refractivity contribution is 0.718. The average molecular weight is 181 g/mol. The van der Waals surface area contributed by atoms with E-state index in [1.165, 1.54) is 10.5 Å². The predicted octanol–water partition coefficient (Wildman–Crippen LogP) is 2.52. The zero-order valence-electron chi connectivity index (χ0n) is 7.63. The van der Waals surface area contributed by atoms with Gasteiger partial charge in [-0.15, -0.1) is 11.8 Å². The highest BCUT2D eigenvalue weighted by atomic mass is 32.2. The summed E-state index contributed by atoms with van der Waals surface area (Å²) in [5, 5.41) is 3.33. The van der Waals surface area contributed by atoms with Crippen molar-refractivity contribution >= 4 is 11.8 Å². The molecule has 0 heterocycles. The molecular formula is C10H15NS. The van der Waals surface area contributed by atoms with E-state index in [1.807, 2.05) is 0 Å². The molecule has 0 unspecified atom stereocenters. The first kappa shape index (κ1) is 9.62. The number of hydrogen-bond donors (Lipinski definition) is 1. The Labute approximate surface area is 78.6 Å². The van der Waals surface area contributed by atoms with Crippen molar-refractivity contribution in [3.8, 4) is 0 Å². The Hall–Kier alpha value is -0.470. The van der Waals surface area contributed by atoms with Crippen LogP contribution in [0.25, 0.3) is 0 Å². The van der Waals surface area contributed by atoms with Crippen LogP contribution in [0.15, 0.2) is 29.2 Å². The summed E-state index contributed by atoms with van der Waals surface area (Å²) in [5.74, 6) is 0. The lowest BCUT2D eigenvalue weighted by atomic mass is 10.2. The minimum atomic E-state index is 0.980. The van der Waals surface area contributed by atoms with E-state index in [1.54, 1.807) is 11.8 Å². The highest BCUT2D eigenvalue weighted by Crippen LogP contribution is 2.19. The predicted molar refractivity (Wildman–Crippen MR) is 55.6 cm³/mol. The van der Waals surface area contributed by atoms with Crippen LogP contribution >= 0.6 is 11.8 Å². The second kappa shape index (κ2) is 5.22. The Kier molecular flexibility index (Phi) is 4.19. The van der Waals surface area contributed by atoms with Crippen LogP contribution < -0.4 is 5.32 Å². The van der Waals surface area contributed by atoms with Crippen LogP contribution in [-0.2, 0) is 6.54 Å². The van der Waals surface area contributed by atoms with Crippen LogP contribution in [0.1, 0.15) is 12.5 Å². The van der Waals surface area contributed by atoms with Gasteiger partial charge < -0.3 is 5.32 Å². The molecule has 1 nitrogen and oxygen atoms in total. The van der Waals surface area contributed by atoms with Crippen molar-refractivity contribution in [2.45, 2.75) is 18.4 Å². The first-order valence-electron chi connectivity index (χ1n) is 4.21. The normalized spacial score (nSPS) is 10.2. The van der Waals surface area contributed by atoms with Crippen molar-refractivity contribution in [2.24, 2.45) is 0 Å². The zero-order chi connectivity index (χ0) is 8.81. The Balaban J connectivity index is 2.68. The monoisotopic (exact) mass is 181 g/mol. The molecule has 1 rings (SSSR count). The molecule has 0 radical (unpaired) electrons. The topological polar surface area (TPSA) is 12.0 Å². The quantitative estimate of drug-likeness (QED) is 0.716. The van der Waals surface area contributed by atoms with Gasteiger partial charge in [-0.2, -0.15) is 0 Å². The van der Waals surface area contributed by atoms with E-state index in [0.29, 0.717) is 0 Å². The van der Waals surface area contributed by atoms with Crippen molar-refractivity contribution in [3.63, 3.8) is 0 Å². The van der Waals surface area contributed by atoms with E-state index in [0.717, 1.165) is 13.1 Å². The van der Waals surface area contributed by atoms with Crippen molar-refractivity contribution in [3.05, 3.63) is 29.8 Å². The fourth-order valence-corrected chi connectivity index (χ4v) is 1.73. The van der Waals surface area contributed by atoms with E-state index >= 15 is 0 Å². The molecule has 0 aliphatic carbocycles. The molecule has 0 aliphatic heterocycles. The Morgan fingerprint density at radius 3 is 2.75 bits per heavy atom. The van der Waals surface area contributed by atoms with Crippen LogP contribution in [-0.4, -0.2) is 12.8 Å². The molecule has 0 bridgehead atoms. The van der Waals surface area contributed by atoms with Crippen molar-refractivity contribution in [1.29, 1.82) is 0 Å². The first-order valence-corrected chi connectivity index (χ1v) is 5.43. The summed E-state index contributed by atoms with van der Waals surface area (Å²) in [6.45, 7) is 4.14. The highest BCUT2D eigenvalue weighted by molar-refractivity contribution is 7.98. The molecular weight excluding hydrogens is 166 g/mol. The molecule has 0 atom stereocenters. The lowest BCUT2D eigenvalue weighted by Crippen LogP contribution is -2.12. The van der Waals surface area contributed by atoms with Gasteiger partial charge >= 0.3 is 0 Å². The lowest BCUT2D eigenvalue weighted by Gasteiger charge is -2.06. The van der Waals surface area contributed by atoms with E-state index < -0.39 is 0 Å². The number of nitrogens with one attached hydrogen (secondary N) is 1. The molecule has 1 N–H and O–H groups in total. The van der Waals surface area contributed by atoms with E-state index in [9.17, 15) is 0 Å². The zero-order valence-corrected chi connectivity index (χ0v) is 8.45. The maximum Gasteiger partial charge on any atom is 0.0216 e. The standard InChI is InChI=1S/C10H15NS/c1-3-11-8-9-6-4-5-7-10(9)12-2/h4-7,11H,3,8H2,1-2H3. The maximum atomic E-state index is 3.33. The van der Waals surface area contributed by atoms with Gasteiger partial charge in [0.05, 0.1) is 0 Å². The SMILES string of the molecule is CCNCc1ccccc1SC. The van der Waals surface area contributed by atoms with Crippen LogP contribution in [0.3, 0.4) is 0 Å². The van der Waals surface area contributed by atoms with Crippen molar-refractivity contribution in [2.75, 3.05) is 12.8 Å². The number of hydrogen-bond acceptors (Lipinski definition) is 2. The first-order chi connectivity index (χ1) is 5.88. The summed E-state index contributed by atoms with van der Waals surface area (Å²) in [4.78, 5) is 1.37. The molecule has 0 saturated carbocycles. The fraction of sp³-hybridized carbons (Fsp3) is 0.400. The molecule has 12 heavy (non-hydrogen) atoms. The summed E-state index contributed by atoms with van der Waals surface area (Å²) in [5.41, 5.74) is 1.40. The Morgan fingerprint density at radius 2 is 2.08 bits per heavy atom. The number of benzene rings is 1. The van der Waals surface area contributed by atoms with Gasteiger partial charge in [0.25, 0.3) is 0 Å². The number of rotatable bonds is 4. The van der Waals surface area contributed by atoms with Gasteiger partial charge in [0.15, 0.2) is 0 Å². The summed E-state index contributed by atoms with van der Waals surface area (Å²) >= 11 is 1.81. The van der Waals surface area contributed by atoms with Crippen molar-refractivity contribution in [1.82, 2.24) is 5.32 Å². The van der Waals surface area contributed by atoms with E-state index in [-0.39, 0.29) is 0 Å². The summed E-state index contributed by atoms with van der Waals surface area (Å²) in [7, 11) is 0. The third-order valence-electron chi connectivity index (χ3n) is 1.76. The fourth-order valence-electron chi connectivity index (χ4n) is 1.11. The van der Waals surface area contributed by atoms with Crippen LogP contribution in [0.4, 0.5) is 0 Å². The minimum Gasteiger partial charge on any atom is -0.313 e. The molecule has 1 aromatic carbocycles. The molecule has 0 amide bonds. The molecule has 0 fully saturated rings. The summed E-state index contributed by atoms with van der Waals surface area (Å²) in [6, 6.07) is 8.51. The van der Waals surface area contributed by atoms with Crippen LogP contribution in [0, 0.1) is 0 Å². The van der Waals surface area contributed by atoms with E-state index in [2.05, 4.69) is 42.8 Å². The van der Waals surface area contributed by atoms with Gasteiger partial charge in [0.1, 0.15) is 0 Å². The smallest absolute Gasteiger partial charge is 0.0216 e. The number of thioether (sulfide) groups is 1. The Bertz CT molecular complexity index is 235. The minimum absolute atomic E-state index is 0.980. The molecule has 0 saturated heterocycles. The second-order valence-electron chi connectivity index (χ2n) is 2.59. The Morgan fingerprint density at radius 1 is 1.33 bits per heavy atom. The molecule has 1 aromatic rings. The summed E-state index contributed by atoms with van der Waals surface area (Å²) in [6.07, 6.45) is 2.12. The molecule has 0 spiro atoms. The van der Waals surface area contributed by atoms with E-state index in [4.69, 9.17) is 0 Å². The molecule has 2 heteroatoms. The summed E-state index contributed by atoms with van der Waals surface area (Å²) < 4.78 is 0.